The number of nitrogens with two attached hydrogens (primary N) is 1. The monoisotopic (exact) mass is 337 g/mol. The number of nitrogens with zero attached hydrogens (tertiary/aromatic N) is 2. The summed E-state index contributed by atoms with van der Waals surface area (Å²) in [6, 6.07) is 3.17. The lowest BCUT2D eigenvalue weighted by Crippen LogP contribution is -2.30. The first kappa shape index (κ1) is 18.6. The lowest BCUT2D eigenvalue weighted by atomic mass is 9.95. The van der Waals surface area contributed by atoms with Crippen LogP contribution in [0, 0.1) is 6.92 Å². The summed E-state index contributed by atoms with van der Waals surface area (Å²) < 4.78 is 0. The second-order valence-electron chi connectivity index (χ2n) is 6.05. The number of nitrogens with one attached hydrogen (secondary N) is 2. The highest BCUT2D eigenvalue weighted by Crippen LogP contribution is 2.17. The van der Waals surface area contributed by atoms with Crippen molar-refractivity contribution in [1.29, 1.82) is 0 Å². The number of aryl methyl sites for hydroxylation is 1. The fourth-order valence-corrected chi connectivity index (χ4v) is 1.88. The Kier molecular flexibility index (Phi) is 5.50. The minimum Gasteiger partial charge on any atom is -0.384 e. The average molecular weight is 338 g/mol. The summed E-state index contributed by atoms with van der Waals surface area (Å²) in [5.41, 5.74) is 5.55. The van der Waals surface area contributed by atoms with Crippen molar-refractivity contribution in [3.63, 3.8) is 0 Å². The van der Waals surface area contributed by atoms with E-state index in [1.165, 1.54) is 6.20 Å². The van der Waals surface area contributed by atoms with Gasteiger partial charge in [-0.1, -0.05) is 20.8 Å². The van der Waals surface area contributed by atoms with Gasteiger partial charge in [0, 0.05) is 5.41 Å². The summed E-state index contributed by atoms with van der Waals surface area (Å²) in [4.78, 5) is 35.4. The van der Waals surface area contributed by atoms with Crippen molar-refractivity contribution < 1.29 is 4.79 Å². The normalized spacial score (nSPS) is 10.8. The number of hydrogen-bond donors (Lipinski definition) is 3. The molecule has 0 saturated carbocycles. The summed E-state index contributed by atoms with van der Waals surface area (Å²) in [5.74, 6) is 0.363. The molecule has 0 bridgehead atoms. The van der Waals surface area contributed by atoms with E-state index in [9.17, 15) is 9.59 Å². The Hall–Kier alpha value is -2.41. The molecule has 0 atom stereocenters. The molecule has 2 aromatic heterocycles. The molecule has 1 amide bonds. The molecule has 0 aliphatic carbocycles. The summed E-state index contributed by atoms with van der Waals surface area (Å²) in [7, 11) is 0. The van der Waals surface area contributed by atoms with E-state index in [-0.39, 0.29) is 23.4 Å². The molecule has 2 aromatic rings. The van der Waals surface area contributed by atoms with Gasteiger partial charge < -0.3 is 16.0 Å². The molecule has 0 fully saturated rings. The third-order valence-corrected chi connectivity index (χ3v) is 3.08. The van der Waals surface area contributed by atoms with Gasteiger partial charge in [0.2, 0.25) is 0 Å². The molecule has 0 radical (unpaired) electrons. The maximum Gasteiger partial charge on any atom is 0.264 e. The van der Waals surface area contributed by atoms with Crippen LogP contribution in [-0.4, -0.2) is 20.9 Å². The van der Waals surface area contributed by atoms with E-state index in [4.69, 9.17) is 5.73 Å². The smallest absolute Gasteiger partial charge is 0.264 e. The molecule has 0 unspecified atom stereocenters. The van der Waals surface area contributed by atoms with Crippen molar-refractivity contribution >= 4 is 29.8 Å². The van der Waals surface area contributed by atoms with Gasteiger partial charge in [-0.15, -0.1) is 12.4 Å². The van der Waals surface area contributed by atoms with Crippen LogP contribution in [0.2, 0.25) is 0 Å². The number of hydrogen-bond acceptors (Lipinski definition) is 5. The molecule has 0 aromatic carbocycles. The Bertz CT molecular complexity index is 763. The number of aromatic nitrogens is 3. The van der Waals surface area contributed by atoms with Gasteiger partial charge in [-0.2, -0.15) is 0 Å². The van der Waals surface area contributed by atoms with Crippen molar-refractivity contribution in [1.82, 2.24) is 15.0 Å². The number of nitrogen functional groups attached to an aromatic ring is 1. The number of aromatic amines is 1. The SMILES string of the molecule is Cc1nc(C(C)(C)C)[nH]c(=O)c1C(=O)Nc1ccc(N)nc1.Cl. The Morgan fingerprint density at radius 3 is 2.43 bits per heavy atom. The van der Waals surface area contributed by atoms with Crippen LogP contribution >= 0.6 is 12.4 Å². The molecular formula is C15H20ClN5O2. The summed E-state index contributed by atoms with van der Waals surface area (Å²) in [6.45, 7) is 7.44. The van der Waals surface area contributed by atoms with E-state index in [0.717, 1.165) is 0 Å². The van der Waals surface area contributed by atoms with Crippen LogP contribution in [-0.2, 0) is 5.41 Å². The Morgan fingerprint density at radius 2 is 1.96 bits per heavy atom. The number of pyridine rings is 1. The van der Waals surface area contributed by atoms with Gasteiger partial charge in [0.15, 0.2) is 0 Å². The molecule has 8 heteroatoms. The van der Waals surface area contributed by atoms with Crippen LogP contribution in [0.15, 0.2) is 23.1 Å². The molecule has 0 spiro atoms. The highest BCUT2D eigenvalue weighted by molar-refractivity contribution is 6.04. The molecule has 124 valence electrons. The largest absolute Gasteiger partial charge is 0.384 e. The van der Waals surface area contributed by atoms with Crippen LogP contribution in [0.4, 0.5) is 11.5 Å². The molecule has 0 aliphatic rings. The number of carbonyl (C=O) groups excluding carboxylic acids is 1. The highest BCUT2D eigenvalue weighted by atomic mass is 35.5. The van der Waals surface area contributed by atoms with Crippen molar-refractivity contribution in [3.8, 4) is 0 Å². The van der Waals surface area contributed by atoms with Gasteiger partial charge in [0.1, 0.15) is 17.2 Å². The fraction of sp³-hybridized carbons (Fsp3) is 0.333. The maximum absolute atomic E-state index is 12.3. The second kappa shape index (κ2) is 6.78. The molecule has 4 N–H and O–H groups in total. The predicted molar refractivity (Wildman–Crippen MR) is 92.1 cm³/mol. The Balaban J connectivity index is 0.00000264. The zero-order valence-electron chi connectivity index (χ0n) is 13.4. The molecule has 0 aliphatic heterocycles. The van der Waals surface area contributed by atoms with Crippen molar-refractivity contribution in [2.45, 2.75) is 33.1 Å². The van der Waals surface area contributed by atoms with Crippen molar-refractivity contribution in [3.05, 3.63) is 45.8 Å². The van der Waals surface area contributed by atoms with Crippen molar-refractivity contribution in [2.75, 3.05) is 11.1 Å². The maximum atomic E-state index is 12.3. The molecular weight excluding hydrogens is 318 g/mol. The third-order valence-electron chi connectivity index (χ3n) is 3.08. The molecule has 2 heterocycles. The van der Waals surface area contributed by atoms with Crippen LogP contribution in [0.3, 0.4) is 0 Å². The zero-order valence-corrected chi connectivity index (χ0v) is 14.2. The molecule has 23 heavy (non-hydrogen) atoms. The standard InChI is InChI=1S/C15H19N5O2.ClH/c1-8-11(13(22)20-14(18-8)15(2,3)4)12(21)19-9-5-6-10(16)17-7-9;/h5-7H,1-4H3,(H2,16,17)(H,19,21)(H,18,20,22);1H. The van der Waals surface area contributed by atoms with E-state index in [2.05, 4.69) is 20.3 Å². The number of H-pyrrole nitrogens is 1. The highest BCUT2D eigenvalue weighted by Gasteiger charge is 2.22. The fourth-order valence-electron chi connectivity index (χ4n) is 1.88. The second-order valence-corrected chi connectivity index (χ2v) is 6.05. The Morgan fingerprint density at radius 1 is 1.30 bits per heavy atom. The molecule has 7 nitrogen and oxygen atoms in total. The van der Waals surface area contributed by atoms with Crippen LogP contribution in [0.5, 0.6) is 0 Å². The minimum absolute atomic E-state index is 0. The van der Waals surface area contributed by atoms with E-state index in [1.807, 2.05) is 20.8 Å². The van der Waals surface area contributed by atoms with Gasteiger partial charge >= 0.3 is 0 Å². The van der Waals surface area contributed by atoms with Gasteiger partial charge in [0.05, 0.1) is 17.6 Å². The van der Waals surface area contributed by atoms with Gasteiger partial charge in [-0.3, -0.25) is 9.59 Å². The average Bonchev–Trinajstić information content (AvgIpc) is 2.39. The topological polar surface area (TPSA) is 114 Å². The third kappa shape index (κ3) is 4.29. The first-order chi connectivity index (χ1) is 10.2. The van der Waals surface area contributed by atoms with Gasteiger partial charge in [-0.05, 0) is 19.1 Å². The molecule has 0 saturated heterocycles. The van der Waals surface area contributed by atoms with E-state index < -0.39 is 11.5 Å². The first-order valence-electron chi connectivity index (χ1n) is 6.83. The lowest BCUT2D eigenvalue weighted by Gasteiger charge is -2.18. The predicted octanol–water partition coefficient (Wildman–Crippen LogP) is 2.03. The first-order valence-corrected chi connectivity index (χ1v) is 6.83. The van der Waals surface area contributed by atoms with Gasteiger partial charge in [0.25, 0.3) is 11.5 Å². The van der Waals surface area contributed by atoms with E-state index >= 15 is 0 Å². The number of halogens is 1. The van der Waals surface area contributed by atoms with Crippen LogP contribution in [0.25, 0.3) is 0 Å². The number of amides is 1. The minimum atomic E-state index is -0.529. The van der Waals surface area contributed by atoms with Gasteiger partial charge in [-0.25, -0.2) is 9.97 Å². The molecule has 2 rings (SSSR count). The van der Waals surface area contributed by atoms with E-state index in [0.29, 0.717) is 23.0 Å². The Labute approximate surface area is 140 Å². The zero-order chi connectivity index (χ0) is 16.5. The van der Waals surface area contributed by atoms with Crippen LogP contribution < -0.4 is 16.6 Å². The van der Waals surface area contributed by atoms with Crippen molar-refractivity contribution in [2.24, 2.45) is 0 Å². The van der Waals surface area contributed by atoms with E-state index in [1.54, 1.807) is 19.1 Å². The quantitative estimate of drug-likeness (QED) is 0.775. The number of rotatable bonds is 2. The lowest BCUT2D eigenvalue weighted by molar-refractivity contribution is 0.102. The van der Waals surface area contributed by atoms with Crippen LogP contribution in [0.1, 0.15) is 42.6 Å². The summed E-state index contributed by atoms with van der Waals surface area (Å²) >= 11 is 0. The summed E-state index contributed by atoms with van der Waals surface area (Å²) in [6.07, 6.45) is 1.42. The number of anilines is 2. The summed E-state index contributed by atoms with van der Waals surface area (Å²) in [5, 5.41) is 2.61. The number of carbonyl (C=O) groups is 1.